The highest BCUT2D eigenvalue weighted by Crippen LogP contribution is 2.65. The fourth-order valence-corrected chi connectivity index (χ4v) is 5.39. The van der Waals surface area contributed by atoms with Gasteiger partial charge >= 0.3 is 0 Å². The molecule has 0 radical (unpaired) electrons. The Bertz CT molecular complexity index is 397. The van der Waals surface area contributed by atoms with Crippen LogP contribution in [0.15, 0.2) is 38.5 Å². The number of hydrogen-bond acceptors (Lipinski definition) is 4. The molecule has 0 aliphatic heterocycles. The molecule has 4 aliphatic carbocycles. The lowest BCUT2D eigenvalue weighted by Gasteiger charge is -2.67. The van der Waals surface area contributed by atoms with Gasteiger partial charge in [-0.25, -0.2) is 0 Å². The van der Waals surface area contributed by atoms with Crippen molar-refractivity contribution in [3.8, 4) is 0 Å². The second kappa shape index (κ2) is 4.54. The monoisotopic (exact) mass is 292 g/mol. The van der Waals surface area contributed by atoms with Crippen molar-refractivity contribution in [1.82, 2.24) is 0 Å². The molecule has 4 aliphatic rings. The summed E-state index contributed by atoms with van der Waals surface area (Å²) in [7, 11) is 1.76. The first kappa shape index (κ1) is 14.5. The van der Waals surface area contributed by atoms with Gasteiger partial charge in [-0.05, 0) is 0 Å². The minimum Gasteiger partial charge on any atom is -0.495 e. The van der Waals surface area contributed by atoms with Crippen molar-refractivity contribution >= 4 is 0 Å². The summed E-state index contributed by atoms with van der Waals surface area (Å²) >= 11 is 0. The third-order valence-corrected chi connectivity index (χ3v) is 5.30. The molecule has 4 heteroatoms. The van der Waals surface area contributed by atoms with Crippen LogP contribution in [0.4, 0.5) is 0 Å². The van der Waals surface area contributed by atoms with Gasteiger partial charge in [-0.1, -0.05) is 19.7 Å². The number of ether oxygens (including phenoxy) is 4. The second-order valence-corrected chi connectivity index (χ2v) is 6.85. The van der Waals surface area contributed by atoms with Crippen LogP contribution in [0, 0.1) is 0 Å². The molecule has 0 saturated heterocycles. The molecule has 0 heterocycles. The largest absolute Gasteiger partial charge is 0.495 e. The third kappa shape index (κ3) is 2.08. The van der Waals surface area contributed by atoms with Gasteiger partial charge in [0.15, 0.2) is 0 Å². The van der Waals surface area contributed by atoms with Crippen LogP contribution in [-0.4, -0.2) is 29.5 Å². The van der Waals surface area contributed by atoms with Crippen molar-refractivity contribution in [3.05, 3.63) is 38.5 Å². The van der Waals surface area contributed by atoms with E-state index in [0.717, 1.165) is 38.5 Å². The Balaban J connectivity index is 2.06. The minimum absolute atomic E-state index is 0.288. The summed E-state index contributed by atoms with van der Waals surface area (Å²) in [6.45, 7) is 11.2. The lowest BCUT2D eigenvalue weighted by atomic mass is 9.48. The van der Waals surface area contributed by atoms with E-state index in [-0.39, 0.29) is 22.4 Å². The highest BCUT2D eigenvalue weighted by molar-refractivity contribution is 5.23. The molecule has 0 atom stereocenters. The Labute approximate surface area is 126 Å². The molecule has 4 nitrogen and oxygen atoms in total. The van der Waals surface area contributed by atoms with Crippen LogP contribution in [-0.2, 0) is 18.9 Å². The zero-order valence-electron chi connectivity index (χ0n) is 12.7. The Morgan fingerprint density at radius 2 is 0.905 bits per heavy atom. The number of hydrogen-bond donors (Lipinski definition) is 0. The molecule has 0 unspecified atom stereocenters. The van der Waals surface area contributed by atoms with Crippen LogP contribution in [0.3, 0.4) is 0 Å². The fraction of sp³-hybridized carbons (Fsp3) is 0.647. The molecule has 4 bridgehead atoms. The van der Waals surface area contributed by atoms with Crippen molar-refractivity contribution in [2.45, 2.75) is 60.9 Å². The molecule has 0 N–H and O–H groups in total. The van der Waals surface area contributed by atoms with E-state index in [4.69, 9.17) is 18.9 Å². The van der Waals surface area contributed by atoms with Crippen molar-refractivity contribution in [2.75, 3.05) is 7.11 Å². The van der Waals surface area contributed by atoms with Crippen molar-refractivity contribution in [2.24, 2.45) is 0 Å². The molecule has 0 amide bonds. The molecule has 0 aromatic carbocycles. The molecular formula is C17H24O4. The molecule has 4 fully saturated rings. The Hall–Kier alpha value is -1.42. The summed E-state index contributed by atoms with van der Waals surface area (Å²) in [4.78, 5) is 0. The molecule has 0 aromatic rings. The lowest BCUT2D eigenvalue weighted by Crippen LogP contribution is -2.73. The topological polar surface area (TPSA) is 36.9 Å². The highest BCUT2D eigenvalue weighted by Gasteiger charge is 2.72. The maximum absolute atomic E-state index is 5.97. The Kier molecular flexibility index (Phi) is 3.14. The summed E-state index contributed by atoms with van der Waals surface area (Å²) in [5.41, 5.74) is -1.33. The third-order valence-electron chi connectivity index (χ3n) is 5.30. The van der Waals surface area contributed by atoms with E-state index in [1.807, 2.05) is 0 Å². The van der Waals surface area contributed by atoms with Crippen LogP contribution < -0.4 is 0 Å². The van der Waals surface area contributed by atoms with Gasteiger partial charge in [0.1, 0.15) is 16.8 Å². The van der Waals surface area contributed by atoms with Crippen LogP contribution >= 0.6 is 0 Å². The van der Waals surface area contributed by atoms with Gasteiger partial charge in [-0.15, -0.1) is 0 Å². The van der Waals surface area contributed by atoms with Gasteiger partial charge in [0.25, 0.3) is 0 Å². The predicted octanol–water partition coefficient (Wildman–Crippen LogP) is 3.45. The van der Waals surface area contributed by atoms with Crippen LogP contribution in [0.25, 0.3) is 0 Å². The molecule has 0 aromatic heterocycles. The van der Waals surface area contributed by atoms with Crippen LogP contribution in [0.5, 0.6) is 0 Å². The average Bonchev–Trinajstić information content (AvgIpc) is 2.36. The highest BCUT2D eigenvalue weighted by atomic mass is 16.5. The van der Waals surface area contributed by atoms with E-state index in [1.165, 1.54) is 18.8 Å². The molecular weight excluding hydrogens is 268 g/mol. The predicted molar refractivity (Wildman–Crippen MR) is 79.5 cm³/mol. The van der Waals surface area contributed by atoms with Crippen molar-refractivity contribution in [3.63, 3.8) is 0 Å². The van der Waals surface area contributed by atoms with E-state index in [0.29, 0.717) is 0 Å². The zero-order valence-corrected chi connectivity index (χ0v) is 12.7. The molecule has 0 spiro atoms. The van der Waals surface area contributed by atoms with E-state index < -0.39 is 0 Å². The SMILES string of the molecule is C=COC12CC3(OC)CC(OC=C)(C1)CC(OC=C)(C3)C2. The summed E-state index contributed by atoms with van der Waals surface area (Å²) in [6, 6.07) is 0. The van der Waals surface area contributed by atoms with E-state index >= 15 is 0 Å². The molecule has 4 rings (SSSR count). The quantitative estimate of drug-likeness (QED) is 0.673. The van der Waals surface area contributed by atoms with Gasteiger partial charge in [-0.2, -0.15) is 0 Å². The minimum atomic E-state index is -0.349. The second-order valence-electron chi connectivity index (χ2n) is 6.85. The summed E-state index contributed by atoms with van der Waals surface area (Å²) in [6.07, 6.45) is 9.54. The summed E-state index contributed by atoms with van der Waals surface area (Å²) < 4.78 is 23.8. The summed E-state index contributed by atoms with van der Waals surface area (Å²) in [5.74, 6) is 0. The molecule has 21 heavy (non-hydrogen) atoms. The lowest BCUT2D eigenvalue weighted by molar-refractivity contribution is -0.305. The van der Waals surface area contributed by atoms with E-state index in [2.05, 4.69) is 19.7 Å². The smallest absolute Gasteiger partial charge is 0.118 e. The first-order valence-corrected chi connectivity index (χ1v) is 7.40. The number of methoxy groups -OCH3 is 1. The van der Waals surface area contributed by atoms with E-state index in [9.17, 15) is 0 Å². The van der Waals surface area contributed by atoms with Gasteiger partial charge < -0.3 is 18.9 Å². The van der Waals surface area contributed by atoms with Crippen LogP contribution in [0.2, 0.25) is 0 Å². The van der Waals surface area contributed by atoms with Gasteiger partial charge in [0, 0.05) is 45.6 Å². The first-order valence-electron chi connectivity index (χ1n) is 7.40. The molecule has 4 saturated carbocycles. The van der Waals surface area contributed by atoms with Gasteiger partial charge in [0.05, 0.1) is 24.4 Å². The van der Waals surface area contributed by atoms with Crippen LogP contribution in [0.1, 0.15) is 38.5 Å². The average molecular weight is 292 g/mol. The zero-order chi connectivity index (χ0) is 15.2. The van der Waals surface area contributed by atoms with E-state index in [1.54, 1.807) is 7.11 Å². The Morgan fingerprint density at radius 3 is 1.14 bits per heavy atom. The maximum Gasteiger partial charge on any atom is 0.118 e. The Morgan fingerprint density at radius 1 is 0.619 bits per heavy atom. The normalized spacial score (nSPS) is 46.7. The van der Waals surface area contributed by atoms with Crippen molar-refractivity contribution < 1.29 is 18.9 Å². The van der Waals surface area contributed by atoms with Gasteiger partial charge in [-0.3, -0.25) is 0 Å². The van der Waals surface area contributed by atoms with Crippen molar-refractivity contribution in [1.29, 1.82) is 0 Å². The first-order chi connectivity index (χ1) is 9.99. The standard InChI is InChI=1S/C17H24O4/c1-5-19-15-8-14(18-4)9-16(11-15,20-6-2)13-17(10-14,12-15)21-7-3/h5-7H,1-3,8-13H2,4H3. The molecule has 116 valence electrons. The fourth-order valence-electron chi connectivity index (χ4n) is 5.39. The number of rotatable bonds is 7. The van der Waals surface area contributed by atoms with Gasteiger partial charge in [0.2, 0.25) is 0 Å². The maximum atomic E-state index is 5.97. The summed E-state index contributed by atoms with van der Waals surface area (Å²) in [5, 5.41) is 0.